The topological polar surface area (TPSA) is 73.6 Å². The van der Waals surface area contributed by atoms with E-state index in [0.29, 0.717) is 35.4 Å². The van der Waals surface area contributed by atoms with Crippen LogP contribution in [0.1, 0.15) is 17.0 Å². The van der Waals surface area contributed by atoms with Crippen LogP contribution < -0.4 is 14.8 Å². The lowest BCUT2D eigenvalue weighted by Crippen LogP contribution is -2.24. The lowest BCUT2D eigenvalue weighted by molar-refractivity contribution is -0.120. The van der Waals surface area contributed by atoms with Crippen molar-refractivity contribution in [3.05, 3.63) is 65.5 Å². The third-order valence-electron chi connectivity index (χ3n) is 4.17. The Labute approximate surface area is 150 Å². The van der Waals surface area contributed by atoms with Crippen LogP contribution in [0.5, 0.6) is 11.5 Å². The fourth-order valence-electron chi connectivity index (χ4n) is 2.76. The van der Waals surface area contributed by atoms with Crippen molar-refractivity contribution in [1.29, 1.82) is 0 Å². The molecule has 0 spiro atoms. The minimum atomic E-state index is -0.0949. The molecule has 6 heteroatoms. The summed E-state index contributed by atoms with van der Waals surface area (Å²) in [4.78, 5) is 16.7. The number of oxazole rings is 1. The third-order valence-corrected chi connectivity index (χ3v) is 4.17. The molecular formula is C20H18N2O4. The average Bonchev–Trinajstić information content (AvgIpc) is 3.27. The van der Waals surface area contributed by atoms with E-state index in [4.69, 9.17) is 13.9 Å². The maximum absolute atomic E-state index is 12.2. The molecule has 1 aliphatic heterocycles. The van der Waals surface area contributed by atoms with Gasteiger partial charge in [-0.15, -0.1) is 0 Å². The summed E-state index contributed by atoms with van der Waals surface area (Å²) >= 11 is 0. The molecule has 132 valence electrons. The minimum Gasteiger partial charge on any atom is -0.454 e. The van der Waals surface area contributed by atoms with Gasteiger partial charge >= 0.3 is 0 Å². The monoisotopic (exact) mass is 350 g/mol. The van der Waals surface area contributed by atoms with Crippen LogP contribution in [0, 0.1) is 6.92 Å². The molecule has 0 saturated heterocycles. The molecule has 0 saturated carbocycles. The van der Waals surface area contributed by atoms with Crippen LogP contribution in [0.2, 0.25) is 0 Å². The van der Waals surface area contributed by atoms with Gasteiger partial charge in [0.05, 0.1) is 12.1 Å². The van der Waals surface area contributed by atoms with Crippen LogP contribution in [0.3, 0.4) is 0 Å². The number of carbonyl (C=O) groups excluding carboxylic acids is 1. The van der Waals surface area contributed by atoms with Crippen LogP contribution in [0.15, 0.2) is 52.9 Å². The normalized spacial score (nSPS) is 12.2. The van der Waals surface area contributed by atoms with Crippen molar-refractivity contribution < 1.29 is 18.7 Å². The summed E-state index contributed by atoms with van der Waals surface area (Å²) in [5.74, 6) is 2.37. The molecule has 0 aliphatic carbocycles. The van der Waals surface area contributed by atoms with Gasteiger partial charge in [-0.05, 0) is 30.7 Å². The Bertz CT molecular complexity index is 934. The Kier molecular flexibility index (Phi) is 4.31. The summed E-state index contributed by atoms with van der Waals surface area (Å²) in [6.07, 6.45) is 0.173. The van der Waals surface area contributed by atoms with Gasteiger partial charge in [0, 0.05) is 12.1 Å². The van der Waals surface area contributed by atoms with Gasteiger partial charge in [-0.25, -0.2) is 4.98 Å². The highest BCUT2D eigenvalue weighted by molar-refractivity contribution is 5.78. The van der Waals surface area contributed by atoms with E-state index >= 15 is 0 Å². The zero-order valence-corrected chi connectivity index (χ0v) is 14.3. The molecular weight excluding hydrogens is 332 g/mol. The Morgan fingerprint density at radius 1 is 1.12 bits per heavy atom. The zero-order chi connectivity index (χ0) is 17.9. The number of carbonyl (C=O) groups is 1. The predicted octanol–water partition coefficient (Wildman–Crippen LogP) is 3.24. The molecule has 1 aromatic heterocycles. The van der Waals surface area contributed by atoms with Gasteiger partial charge in [0.25, 0.3) is 0 Å². The number of hydrogen-bond acceptors (Lipinski definition) is 5. The Balaban J connectivity index is 1.44. The van der Waals surface area contributed by atoms with Crippen molar-refractivity contribution in [3.8, 4) is 23.0 Å². The number of fused-ring (bicyclic) bond motifs is 1. The average molecular weight is 350 g/mol. The van der Waals surface area contributed by atoms with E-state index in [-0.39, 0.29) is 19.1 Å². The second kappa shape index (κ2) is 6.92. The highest BCUT2D eigenvalue weighted by Crippen LogP contribution is 2.36. The number of amides is 1. The van der Waals surface area contributed by atoms with E-state index in [1.165, 1.54) is 0 Å². The van der Waals surface area contributed by atoms with Crippen molar-refractivity contribution in [2.24, 2.45) is 0 Å². The van der Waals surface area contributed by atoms with E-state index in [9.17, 15) is 4.79 Å². The number of aromatic nitrogens is 1. The number of nitrogens with zero attached hydrogens (tertiary/aromatic N) is 1. The summed E-state index contributed by atoms with van der Waals surface area (Å²) < 4.78 is 16.4. The fraction of sp³-hybridized carbons (Fsp3) is 0.200. The van der Waals surface area contributed by atoms with E-state index in [1.807, 2.05) is 55.5 Å². The second-order valence-corrected chi connectivity index (χ2v) is 6.03. The van der Waals surface area contributed by atoms with Crippen molar-refractivity contribution in [1.82, 2.24) is 10.3 Å². The molecule has 0 fully saturated rings. The largest absolute Gasteiger partial charge is 0.454 e. The third kappa shape index (κ3) is 3.39. The van der Waals surface area contributed by atoms with Crippen molar-refractivity contribution in [3.63, 3.8) is 0 Å². The van der Waals surface area contributed by atoms with Crippen molar-refractivity contribution in [2.75, 3.05) is 6.79 Å². The molecule has 0 radical (unpaired) electrons. The van der Waals surface area contributed by atoms with Gasteiger partial charge in [-0.3, -0.25) is 4.79 Å². The van der Waals surface area contributed by atoms with Gasteiger partial charge in [-0.1, -0.05) is 30.3 Å². The van der Waals surface area contributed by atoms with Crippen molar-refractivity contribution >= 4 is 5.91 Å². The van der Waals surface area contributed by atoms with Crippen LogP contribution in [-0.2, 0) is 17.8 Å². The number of aryl methyl sites for hydroxylation is 1. The Morgan fingerprint density at radius 3 is 2.77 bits per heavy atom. The smallest absolute Gasteiger partial charge is 0.231 e. The first-order valence-corrected chi connectivity index (χ1v) is 8.36. The molecule has 6 nitrogen and oxygen atoms in total. The first-order valence-electron chi connectivity index (χ1n) is 8.36. The molecule has 1 N–H and O–H groups in total. The molecule has 2 heterocycles. The number of hydrogen-bond donors (Lipinski definition) is 1. The fourth-order valence-corrected chi connectivity index (χ4v) is 2.76. The zero-order valence-electron chi connectivity index (χ0n) is 14.3. The number of ether oxygens (including phenoxy) is 2. The Morgan fingerprint density at radius 2 is 1.92 bits per heavy atom. The van der Waals surface area contributed by atoms with E-state index in [0.717, 1.165) is 11.1 Å². The minimum absolute atomic E-state index is 0.0949. The summed E-state index contributed by atoms with van der Waals surface area (Å²) in [5.41, 5.74) is 2.47. The number of benzene rings is 2. The van der Waals surface area contributed by atoms with Gasteiger partial charge in [0.2, 0.25) is 18.6 Å². The first-order chi connectivity index (χ1) is 12.7. The number of rotatable bonds is 5. The first kappa shape index (κ1) is 16.2. The van der Waals surface area contributed by atoms with E-state index in [2.05, 4.69) is 10.3 Å². The lowest BCUT2D eigenvalue weighted by Gasteiger charge is -2.04. The predicted molar refractivity (Wildman–Crippen MR) is 94.8 cm³/mol. The van der Waals surface area contributed by atoms with Crippen molar-refractivity contribution in [2.45, 2.75) is 19.9 Å². The van der Waals surface area contributed by atoms with Gasteiger partial charge in [-0.2, -0.15) is 0 Å². The van der Waals surface area contributed by atoms with E-state index in [1.54, 1.807) is 0 Å². The lowest BCUT2D eigenvalue weighted by atomic mass is 10.2. The number of nitrogens with one attached hydrogen (secondary N) is 1. The van der Waals surface area contributed by atoms with E-state index < -0.39 is 0 Å². The summed E-state index contributed by atoms with van der Waals surface area (Å²) in [7, 11) is 0. The molecule has 1 aliphatic rings. The molecule has 0 bridgehead atoms. The summed E-state index contributed by atoms with van der Waals surface area (Å²) in [6, 6.07) is 15.3. The van der Waals surface area contributed by atoms with Gasteiger partial charge in [0.15, 0.2) is 11.5 Å². The van der Waals surface area contributed by atoms with Gasteiger partial charge in [0.1, 0.15) is 5.76 Å². The quantitative estimate of drug-likeness (QED) is 0.765. The van der Waals surface area contributed by atoms with Gasteiger partial charge < -0.3 is 19.2 Å². The molecule has 1 amide bonds. The molecule has 0 unspecified atom stereocenters. The SMILES string of the molecule is Cc1oc(-c2ccc3c(c2)OCO3)nc1CC(=O)NCc1ccccc1. The maximum atomic E-state index is 12.2. The highest BCUT2D eigenvalue weighted by Gasteiger charge is 2.18. The van der Waals surface area contributed by atoms with Crippen LogP contribution in [0.4, 0.5) is 0 Å². The highest BCUT2D eigenvalue weighted by atomic mass is 16.7. The molecule has 2 aromatic carbocycles. The molecule has 26 heavy (non-hydrogen) atoms. The molecule has 0 atom stereocenters. The van der Waals surface area contributed by atoms with Crippen LogP contribution >= 0.6 is 0 Å². The summed E-state index contributed by atoms with van der Waals surface area (Å²) in [5, 5.41) is 2.90. The summed E-state index contributed by atoms with van der Waals surface area (Å²) in [6.45, 7) is 2.52. The Hall–Kier alpha value is -3.28. The molecule has 4 rings (SSSR count). The second-order valence-electron chi connectivity index (χ2n) is 6.03. The molecule has 3 aromatic rings. The van der Waals surface area contributed by atoms with Crippen LogP contribution in [0.25, 0.3) is 11.5 Å². The van der Waals surface area contributed by atoms with Crippen LogP contribution in [-0.4, -0.2) is 17.7 Å². The standard InChI is InChI=1S/C20H18N2O4/c1-13-16(10-19(23)21-11-14-5-3-2-4-6-14)22-20(26-13)15-7-8-17-18(9-15)25-12-24-17/h2-9H,10-12H2,1H3,(H,21,23). The maximum Gasteiger partial charge on any atom is 0.231 e.